The lowest BCUT2D eigenvalue weighted by atomic mass is 10.1. The lowest BCUT2D eigenvalue weighted by Gasteiger charge is -2.10. The van der Waals surface area contributed by atoms with Gasteiger partial charge in [-0.1, -0.05) is 12.1 Å². The van der Waals surface area contributed by atoms with Gasteiger partial charge >= 0.3 is 11.9 Å². The Kier molecular flexibility index (Phi) is 4.48. The summed E-state index contributed by atoms with van der Waals surface area (Å²) in [6.07, 6.45) is 1.42. The molecule has 0 saturated heterocycles. The Morgan fingerprint density at radius 1 is 1.28 bits per heavy atom. The van der Waals surface area contributed by atoms with Crippen molar-refractivity contribution in [3.05, 3.63) is 29.3 Å². The molecule has 0 aliphatic carbocycles. The third kappa shape index (κ3) is 3.35. The minimum atomic E-state index is -1.04. The molecule has 0 bridgehead atoms. The van der Waals surface area contributed by atoms with Gasteiger partial charge in [-0.05, 0) is 19.1 Å². The van der Waals surface area contributed by atoms with Crippen LogP contribution < -0.4 is 9.47 Å². The number of benzene rings is 1. The van der Waals surface area contributed by atoms with Crippen LogP contribution >= 0.6 is 0 Å². The maximum Gasteiger partial charge on any atom is 0.331 e. The van der Waals surface area contributed by atoms with Crippen molar-refractivity contribution < 1.29 is 24.2 Å². The first-order valence-corrected chi connectivity index (χ1v) is 5.22. The van der Waals surface area contributed by atoms with Crippen molar-refractivity contribution in [1.29, 1.82) is 0 Å². The second kappa shape index (κ2) is 5.86. The zero-order valence-electron chi connectivity index (χ0n) is 10.4. The predicted molar refractivity (Wildman–Crippen MR) is 65.6 cm³/mol. The van der Waals surface area contributed by atoms with Gasteiger partial charge in [0.25, 0.3) is 0 Å². The third-order valence-electron chi connectivity index (χ3n) is 2.18. The molecular formula is C13H14O5. The highest BCUT2D eigenvalue weighted by atomic mass is 16.6. The van der Waals surface area contributed by atoms with Gasteiger partial charge in [-0.3, -0.25) is 4.79 Å². The molecule has 96 valence electrons. The zero-order valence-corrected chi connectivity index (χ0v) is 10.4. The summed E-state index contributed by atoms with van der Waals surface area (Å²) in [6, 6.07) is 4.96. The molecule has 1 rings (SSSR count). The Morgan fingerprint density at radius 2 is 1.94 bits per heavy atom. The number of carboxylic acids is 1. The normalized spacial score (nSPS) is 10.9. The standard InChI is InChI=1S/C13H14O5/c1-8(13(15)16)7-10-5-4-6-11(17-3)12(10)18-9(2)14/h4-7H,1-3H3,(H,15,16). The molecule has 0 heterocycles. The van der Waals surface area contributed by atoms with Gasteiger partial charge in [-0.2, -0.15) is 0 Å². The molecule has 1 aromatic carbocycles. The highest BCUT2D eigenvalue weighted by Crippen LogP contribution is 2.32. The lowest BCUT2D eigenvalue weighted by molar-refractivity contribution is -0.133. The van der Waals surface area contributed by atoms with Crippen LogP contribution in [0.25, 0.3) is 6.08 Å². The van der Waals surface area contributed by atoms with E-state index in [1.54, 1.807) is 18.2 Å². The van der Waals surface area contributed by atoms with Gasteiger partial charge in [-0.25, -0.2) is 4.79 Å². The maximum atomic E-state index is 11.0. The highest BCUT2D eigenvalue weighted by Gasteiger charge is 2.12. The van der Waals surface area contributed by atoms with E-state index >= 15 is 0 Å². The van der Waals surface area contributed by atoms with Crippen LogP contribution in [0.4, 0.5) is 0 Å². The van der Waals surface area contributed by atoms with Crippen molar-refractivity contribution in [2.24, 2.45) is 0 Å². The van der Waals surface area contributed by atoms with Crippen LogP contribution in [-0.4, -0.2) is 24.2 Å². The minimum absolute atomic E-state index is 0.136. The molecular weight excluding hydrogens is 236 g/mol. The fourth-order valence-electron chi connectivity index (χ4n) is 1.36. The third-order valence-corrected chi connectivity index (χ3v) is 2.18. The molecule has 0 amide bonds. The molecule has 1 N–H and O–H groups in total. The van der Waals surface area contributed by atoms with E-state index in [1.807, 2.05) is 0 Å². The van der Waals surface area contributed by atoms with Crippen molar-refractivity contribution in [2.45, 2.75) is 13.8 Å². The first-order chi connectivity index (χ1) is 8.45. The van der Waals surface area contributed by atoms with Crippen LogP contribution in [0.15, 0.2) is 23.8 Å². The summed E-state index contributed by atoms with van der Waals surface area (Å²) >= 11 is 0. The number of hydrogen-bond donors (Lipinski definition) is 1. The molecule has 0 unspecified atom stereocenters. The largest absolute Gasteiger partial charge is 0.493 e. The van der Waals surface area contributed by atoms with Crippen LogP contribution in [-0.2, 0) is 9.59 Å². The Hall–Kier alpha value is -2.30. The van der Waals surface area contributed by atoms with E-state index in [4.69, 9.17) is 14.6 Å². The van der Waals surface area contributed by atoms with Gasteiger partial charge in [0.15, 0.2) is 11.5 Å². The average Bonchev–Trinajstić information content (AvgIpc) is 2.30. The summed E-state index contributed by atoms with van der Waals surface area (Å²) in [5.74, 6) is -0.945. The molecule has 0 spiro atoms. The molecule has 5 heteroatoms. The Balaban J connectivity index is 3.30. The van der Waals surface area contributed by atoms with Gasteiger partial charge in [0.1, 0.15) is 0 Å². The SMILES string of the molecule is COc1cccc(C=C(C)C(=O)O)c1OC(C)=O. The first kappa shape index (κ1) is 13.8. The van der Waals surface area contributed by atoms with E-state index < -0.39 is 11.9 Å². The van der Waals surface area contributed by atoms with Gasteiger partial charge in [-0.15, -0.1) is 0 Å². The molecule has 0 aliphatic heterocycles. The van der Waals surface area contributed by atoms with Crippen molar-refractivity contribution in [2.75, 3.05) is 7.11 Å². The molecule has 0 aromatic heterocycles. The highest BCUT2D eigenvalue weighted by molar-refractivity contribution is 5.92. The average molecular weight is 250 g/mol. The summed E-state index contributed by atoms with van der Waals surface area (Å²) in [5, 5.41) is 8.84. The van der Waals surface area contributed by atoms with E-state index in [1.165, 1.54) is 27.0 Å². The van der Waals surface area contributed by atoms with Crippen LogP contribution in [0, 0.1) is 0 Å². The lowest BCUT2D eigenvalue weighted by Crippen LogP contribution is -2.05. The van der Waals surface area contributed by atoms with Gasteiger partial charge in [0, 0.05) is 18.1 Å². The fourth-order valence-corrected chi connectivity index (χ4v) is 1.36. The number of carboxylic acid groups (broad SMARTS) is 1. The number of rotatable bonds is 4. The fraction of sp³-hybridized carbons (Fsp3) is 0.231. The summed E-state index contributed by atoms with van der Waals surface area (Å²) in [4.78, 5) is 21.8. The summed E-state index contributed by atoms with van der Waals surface area (Å²) in [7, 11) is 1.44. The Bertz CT molecular complexity index is 502. The number of carbonyl (C=O) groups is 2. The van der Waals surface area contributed by atoms with Crippen LogP contribution in [0.3, 0.4) is 0 Å². The quantitative estimate of drug-likeness (QED) is 0.503. The molecule has 0 aliphatic rings. The molecule has 5 nitrogen and oxygen atoms in total. The van der Waals surface area contributed by atoms with E-state index in [-0.39, 0.29) is 11.3 Å². The van der Waals surface area contributed by atoms with Crippen LogP contribution in [0.5, 0.6) is 11.5 Å². The van der Waals surface area contributed by atoms with Gasteiger partial charge in [0.05, 0.1) is 7.11 Å². The second-order valence-corrected chi connectivity index (χ2v) is 3.60. The van der Waals surface area contributed by atoms with Crippen LogP contribution in [0.1, 0.15) is 19.4 Å². The number of para-hydroxylation sites is 1. The molecule has 18 heavy (non-hydrogen) atoms. The minimum Gasteiger partial charge on any atom is -0.493 e. The Morgan fingerprint density at radius 3 is 2.44 bits per heavy atom. The molecule has 0 radical (unpaired) electrons. The number of methoxy groups -OCH3 is 1. The van der Waals surface area contributed by atoms with Gasteiger partial charge in [0.2, 0.25) is 0 Å². The molecule has 0 atom stereocenters. The predicted octanol–water partition coefficient (Wildman–Crippen LogP) is 2.11. The molecule has 1 aromatic rings. The topological polar surface area (TPSA) is 72.8 Å². The van der Waals surface area contributed by atoms with Crippen molar-refractivity contribution in [1.82, 2.24) is 0 Å². The summed E-state index contributed by atoms with van der Waals surface area (Å²) in [6.45, 7) is 2.73. The zero-order chi connectivity index (χ0) is 13.7. The summed E-state index contributed by atoms with van der Waals surface area (Å²) < 4.78 is 10.1. The van der Waals surface area contributed by atoms with E-state index in [2.05, 4.69) is 0 Å². The number of ether oxygens (including phenoxy) is 2. The number of hydrogen-bond acceptors (Lipinski definition) is 4. The summed E-state index contributed by atoms with van der Waals surface area (Å²) in [5.41, 5.74) is 0.612. The van der Waals surface area contributed by atoms with E-state index in [9.17, 15) is 9.59 Å². The maximum absolute atomic E-state index is 11.0. The molecule has 0 saturated carbocycles. The second-order valence-electron chi connectivity index (χ2n) is 3.60. The van der Waals surface area contributed by atoms with Crippen molar-refractivity contribution in [3.8, 4) is 11.5 Å². The first-order valence-electron chi connectivity index (χ1n) is 5.22. The van der Waals surface area contributed by atoms with Gasteiger partial charge < -0.3 is 14.6 Å². The smallest absolute Gasteiger partial charge is 0.331 e. The Labute approximate surface area is 105 Å². The number of esters is 1. The van der Waals surface area contributed by atoms with Crippen LogP contribution in [0.2, 0.25) is 0 Å². The van der Waals surface area contributed by atoms with E-state index in [0.29, 0.717) is 11.3 Å². The number of carbonyl (C=O) groups excluding carboxylic acids is 1. The monoisotopic (exact) mass is 250 g/mol. The van der Waals surface area contributed by atoms with E-state index in [0.717, 1.165) is 0 Å². The van der Waals surface area contributed by atoms with Crippen molar-refractivity contribution in [3.63, 3.8) is 0 Å². The molecule has 0 fully saturated rings. The number of aliphatic carboxylic acids is 1. The van der Waals surface area contributed by atoms with Crippen molar-refractivity contribution >= 4 is 18.0 Å².